The van der Waals surface area contributed by atoms with Gasteiger partial charge in [0.05, 0.1) is 30.1 Å². The van der Waals surface area contributed by atoms with Gasteiger partial charge in [0.1, 0.15) is 12.4 Å². The first-order chi connectivity index (χ1) is 15.3. The van der Waals surface area contributed by atoms with Crippen molar-refractivity contribution in [2.24, 2.45) is 0 Å². The van der Waals surface area contributed by atoms with Crippen molar-refractivity contribution >= 4 is 33.2 Å². The number of halogens is 1. The number of nitrogens with one attached hydrogen (secondary N) is 1. The molecule has 0 aliphatic carbocycles. The fraction of sp³-hybridized carbons (Fsp3) is 0.208. The lowest BCUT2D eigenvalue weighted by Crippen LogP contribution is -2.30. The Morgan fingerprint density at radius 2 is 1.66 bits per heavy atom. The SMILES string of the molecule is Cc1ccccc1OCCNC(=O)c1ccc(CN(c2ccccc2Cl)S(C)(=O)=O)cc1. The minimum atomic E-state index is -3.55. The third kappa shape index (κ3) is 6.24. The van der Waals surface area contributed by atoms with Gasteiger partial charge < -0.3 is 10.1 Å². The van der Waals surface area contributed by atoms with E-state index in [1.807, 2.05) is 31.2 Å². The molecule has 8 heteroatoms. The van der Waals surface area contributed by atoms with Crippen LogP contribution in [0.2, 0.25) is 5.02 Å². The molecule has 3 rings (SSSR count). The third-order valence-electron chi connectivity index (χ3n) is 4.80. The van der Waals surface area contributed by atoms with Crippen molar-refractivity contribution in [1.82, 2.24) is 5.32 Å². The van der Waals surface area contributed by atoms with E-state index in [0.29, 0.717) is 29.4 Å². The summed E-state index contributed by atoms with van der Waals surface area (Å²) in [4.78, 5) is 12.4. The molecule has 6 nitrogen and oxygen atoms in total. The number of hydrogen-bond acceptors (Lipinski definition) is 4. The maximum Gasteiger partial charge on any atom is 0.251 e. The molecule has 0 fully saturated rings. The lowest BCUT2D eigenvalue weighted by molar-refractivity contribution is 0.0947. The smallest absolute Gasteiger partial charge is 0.251 e. The normalized spacial score (nSPS) is 11.1. The molecule has 0 aliphatic heterocycles. The van der Waals surface area contributed by atoms with Crippen molar-refractivity contribution in [3.63, 3.8) is 0 Å². The molecule has 0 bridgehead atoms. The molecule has 0 aromatic heterocycles. The molecule has 3 aromatic rings. The molecule has 0 saturated carbocycles. The van der Waals surface area contributed by atoms with E-state index >= 15 is 0 Å². The Labute approximate surface area is 193 Å². The van der Waals surface area contributed by atoms with E-state index in [9.17, 15) is 13.2 Å². The zero-order valence-corrected chi connectivity index (χ0v) is 19.5. The van der Waals surface area contributed by atoms with Crippen LogP contribution in [0.25, 0.3) is 0 Å². The van der Waals surface area contributed by atoms with E-state index in [0.717, 1.165) is 23.1 Å². The Balaban J connectivity index is 1.59. The predicted molar refractivity (Wildman–Crippen MR) is 128 cm³/mol. The summed E-state index contributed by atoms with van der Waals surface area (Å²) in [6.45, 7) is 2.79. The first kappa shape index (κ1) is 23.6. The van der Waals surface area contributed by atoms with E-state index in [1.54, 1.807) is 48.5 Å². The second-order valence-electron chi connectivity index (χ2n) is 7.29. The van der Waals surface area contributed by atoms with Crippen LogP contribution in [0.4, 0.5) is 5.69 Å². The third-order valence-corrected chi connectivity index (χ3v) is 6.25. The Bertz CT molecular complexity index is 1180. The van der Waals surface area contributed by atoms with Crippen molar-refractivity contribution in [3.8, 4) is 5.75 Å². The average molecular weight is 473 g/mol. The van der Waals surface area contributed by atoms with Crippen molar-refractivity contribution in [3.05, 3.63) is 94.5 Å². The molecular formula is C24H25ClN2O4S. The Hall–Kier alpha value is -3.03. The van der Waals surface area contributed by atoms with Crippen LogP contribution in [-0.2, 0) is 16.6 Å². The van der Waals surface area contributed by atoms with Crippen LogP contribution >= 0.6 is 11.6 Å². The minimum absolute atomic E-state index is 0.106. The number of carbonyl (C=O) groups is 1. The molecule has 32 heavy (non-hydrogen) atoms. The number of nitrogens with zero attached hydrogens (tertiary/aromatic N) is 1. The maximum absolute atomic E-state index is 12.4. The van der Waals surface area contributed by atoms with Crippen LogP contribution in [0.1, 0.15) is 21.5 Å². The number of anilines is 1. The second-order valence-corrected chi connectivity index (χ2v) is 9.60. The summed E-state index contributed by atoms with van der Waals surface area (Å²) < 4.78 is 31.6. The van der Waals surface area contributed by atoms with E-state index in [1.165, 1.54) is 4.31 Å². The molecule has 168 valence electrons. The van der Waals surface area contributed by atoms with Gasteiger partial charge in [-0.05, 0) is 48.4 Å². The van der Waals surface area contributed by atoms with Crippen molar-refractivity contribution < 1.29 is 17.9 Å². The number of aryl methyl sites for hydroxylation is 1. The van der Waals surface area contributed by atoms with E-state index in [-0.39, 0.29) is 12.5 Å². The maximum atomic E-state index is 12.4. The van der Waals surface area contributed by atoms with Gasteiger partial charge >= 0.3 is 0 Å². The standard InChI is InChI=1S/C24H25ClN2O4S/c1-18-7-3-6-10-23(18)31-16-15-26-24(28)20-13-11-19(12-14-20)17-27(32(2,29)30)22-9-5-4-8-21(22)25/h3-14H,15-17H2,1-2H3,(H,26,28). The number of ether oxygens (including phenoxy) is 1. The highest BCUT2D eigenvalue weighted by molar-refractivity contribution is 7.92. The Kier molecular flexibility index (Phi) is 7.77. The van der Waals surface area contributed by atoms with E-state index in [2.05, 4.69) is 5.32 Å². The van der Waals surface area contributed by atoms with Gasteiger partial charge in [0, 0.05) is 5.56 Å². The van der Waals surface area contributed by atoms with Crippen molar-refractivity contribution in [2.75, 3.05) is 23.7 Å². The number of sulfonamides is 1. The van der Waals surface area contributed by atoms with E-state index in [4.69, 9.17) is 16.3 Å². The molecule has 0 saturated heterocycles. The largest absolute Gasteiger partial charge is 0.491 e. The quantitative estimate of drug-likeness (QED) is 0.467. The lowest BCUT2D eigenvalue weighted by atomic mass is 10.1. The fourth-order valence-corrected chi connectivity index (χ4v) is 4.30. The summed E-state index contributed by atoms with van der Waals surface area (Å²) in [5, 5.41) is 3.17. The van der Waals surface area contributed by atoms with Crippen LogP contribution < -0.4 is 14.4 Å². The second kappa shape index (κ2) is 10.5. The van der Waals surface area contributed by atoms with Crippen LogP contribution in [0.5, 0.6) is 5.75 Å². The highest BCUT2D eigenvalue weighted by Gasteiger charge is 2.20. The summed E-state index contributed by atoms with van der Waals surface area (Å²) >= 11 is 6.20. The van der Waals surface area contributed by atoms with E-state index < -0.39 is 10.0 Å². The molecule has 1 N–H and O–H groups in total. The fourth-order valence-electron chi connectivity index (χ4n) is 3.11. The number of rotatable bonds is 9. The number of amides is 1. The zero-order valence-electron chi connectivity index (χ0n) is 17.9. The van der Waals surface area contributed by atoms with Gasteiger partial charge in [-0.15, -0.1) is 0 Å². The van der Waals surface area contributed by atoms with Crippen molar-refractivity contribution in [1.29, 1.82) is 0 Å². The first-order valence-corrected chi connectivity index (χ1v) is 12.3. The monoisotopic (exact) mass is 472 g/mol. The topological polar surface area (TPSA) is 75.7 Å². The molecule has 0 spiro atoms. The number of para-hydroxylation sites is 2. The van der Waals surface area contributed by atoms with Crippen LogP contribution in [0.3, 0.4) is 0 Å². The summed E-state index contributed by atoms with van der Waals surface area (Å²) in [5.41, 5.74) is 2.66. The molecule has 0 unspecified atom stereocenters. The van der Waals surface area contributed by atoms with Crippen molar-refractivity contribution in [2.45, 2.75) is 13.5 Å². The van der Waals surface area contributed by atoms with Gasteiger partial charge in [0.15, 0.2) is 0 Å². The van der Waals surface area contributed by atoms with Gasteiger partial charge in [-0.3, -0.25) is 9.10 Å². The molecular weight excluding hydrogens is 448 g/mol. The highest BCUT2D eigenvalue weighted by Crippen LogP contribution is 2.28. The summed E-state index contributed by atoms with van der Waals surface area (Å²) in [7, 11) is -3.55. The van der Waals surface area contributed by atoms with Gasteiger partial charge in [-0.25, -0.2) is 8.42 Å². The molecule has 0 radical (unpaired) electrons. The highest BCUT2D eigenvalue weighted by atomic mass is 35.5. The molecule has 3 aromatic carbocycles. The number of benzene rings is 3. The van der Waals surface area contributed by atoms with Crippen LogP contribution in [-0.4, -0.2) is 33.7 Å². The molecule has 0 heterocycles. The van der Waals surface area contributed by atoms with Gasteiger partial charge in [-0.2, -0.15) is 0 Å². The summed E-state index contributed by atoms with van der Waals surface area (Å²) in [6.07, 6.45) is 1.14. The first-order valence-electron chi connectivity index (χ1n) is 10.0. The predicted octanol–water partition coefficient (Wildman–Crippen LogP) is 4.42. The molecule has 1 amide bonds. The summed E-state index contributed by atoms with van der Waals surface area (Å²) in [5.74, 6) is 0.566. The number of carbonyl (C=O) groups excluding carboxylic acids is 1. The molecule has 0 atom stereocenters. The Morgan fingerprint density at radius 1 is 1.00 bits per heavy atom. The average Bonchev–Trinajstić information content (AvgIpc) is 2.76. The number of hydrogen-bond donors (Lipinski definition) is 1. The van der Waals surface area contributed by atoms with Gasteiger partial charge in [-0.1, -0.05) is 54.1 Å². The zero-order chi connectivity index (χ0) is 23.1. The lowest BCUT2D eigenvalue weighted by Gasteiger charge is -2.23. The minimum Gasteiger partial charge on any atom is -0.491 e. The summed E-state index contributed by atoms with van der Waals surface area (Å²) in [6, 6.07) is 21.3. The van der Waals surface area contributed by atoms with Gasteiger partial charge in [0.25, 0.3) is 5.91 Å². The van der Waals surface area contributed by atoms with Gasteiger partial charge in [0.2, 0.25) is 10.0 Å². The van der Waals surface area contributed by atoms with Crippen LogP contribution in [0, 0.1) is 6.92 Å². The molecule has 0 aliphatic rings. The van der Waals surface area contributed by atoms with Crippen LogP contribution in [0.15, 0.2) is 72.8 Å². The Morgan fingerprint density at radius 3 is 2.31 bits per heavy atom.